The molecule has 1 atom stereocenters. The van der Waals surface area contributed by atoms with Gasteiger partial charge in [-0.3, -0.25) is 9.69 Å². The maximum atomic E-state index is 12.7. The minimum atomic E-state index is -0.449. The van der Waals surface area contributed by atoms with Gasteiger partial charge in [-0.2, -0.15) is 10.2 Å². The zero-order valence-corrected chi connectivity index (χ0v) is 13.8. The van der Waals surface area contributed by atoms with Crippen molar-refractivity contribution in [2.24, 2.45) is 0 Å². The topological polar surface area (TPSA) is 67.8 Å². The van der Waals surface area contributed by atoms with E-state index in [2.05, 4.69) is 28.9 Å². The predicted molar refractivity (Wildman–Crippen MR) is 84.1 cm³/mol. The van der Waals surface area contributed by atoms with Crippen molar-refractivity contribution >= 4 is 5.91 Å². The molecule has 2 aliphatic rings. The van der Waals surface area contributed by atoms with E-state index in [0.717, 1.165) is 13.1 Å². The van der Waals surface area contributed by atoms with E-state index in [0.29, 0.717) is 44.5 Å². The summed E-state index contributed by atoms with van der Waals surface area (Å²) in [5, 5.41) is 7.52. The molecule has 1 aromatic rings. The van der Waals surface area contributed by atoms with Gasteiger partial charge in [0.05, 0.1) is 44.3 Å². The van der Waals surface area contributed by atoms with Gasteiger partial charge in [-0.1, -0.05) is 0 Å². The van der Waals surface area contributed by atoms with Gasteiger partial charge in [-0.15, -0.1) is 0 Å². The van der Waals surface area contributed by atoms with E-state index in [1.165, 1.54) is 12.4 Å². The van der Waals surface area contributed by atoms with Gasteiger partial charge in [0.15, 0.2) is 0 Å². The first-order valence-electron chi connectivity index (χ1n) is 8.11. The van der Waals surface area contributed by atoms with E-state index in [1.54, 1.807) is 6.07 Å². The zero-order valence-electron chi connectivity index (χ0n) is 13.8. The van der Waals surface area contributed by atoms with Crippen LogP contribution in [-0.4, -0.2) is 83.5 Å². The number of carbonyl (C=O) groups excluding carboxylic acids is 1. The average Bonchev–Trinajstić information content (AvgIpc) is 2.77. The highest BCUT2D eigenvalue weighted by molar-refractivity contribution is 5.93. The number of amides is 1. The molecular formula is C16H24N4O3. The smallest absolute Gasteiger partial charge is 0.255 e. The van der Waals surface area contributed by atoms with Crippen LogP contribution in [0.2, 0.25) is 0 Å². The lowest BCUT2D eigenvalue weighted by molar-refractivity contribution is -0.144. The summed E-state index contributed by atoms with van der Waals surface area (Å²) >= 11 is 0. The quantitative estimate of drug-likeness (QED) is 0.787. The van der Waals surface area contributed by atoms with Crippen LogP contribution >= 0.6 is 0 Å². The van der Waals surface area contributed by atoms with Crippen LogP contribution in [0, 0.1) is 0 Å². The highest BCUT2D eigenvalue weighted by atomic mass is 16.5. The minimum absolute atomic E-state index is 0.0463. The van der Waals surface area contributed by atoms with Crippen LogP contribution in [-0.2, 0) is 9.47 Å². The minimum Gasteiger partial charge on any atom is -0.376 e. The van der Waals surface area contributed by atoms with Crippen LogP contribution in [0.15, 0.2) is 18.5 Å². The van der Waals surface area contributed by atoms with Gasteiger partial charge in [0, 0.05) is 25.7 Å². The largest absolute Gasteiger partial charge is 0.376 e. The normalized spacial score (nSPS) is 26.5. The van der Waals surface area contributed by atoms with Gasteiger partial charge >= 0.3 is 0 Å². The molecule has 2 fully saturated rings. The fourth-order valence-electron chi connectivity index (χ4n) is 3.18. The number of rotatable bonds is 2. The molecule has 3 heterocycles. The van der Waals surface area contributed by atoms with Crippen molar-refractivity contribution in [2.75, 3.05) is 46.0 Å². The summed E-state index contributed by atoms with van der Waals surface area (Å²) in [4.78, 5) is 16.9. The van der Waals surface area contributed by atoms with Crippen molar-refractivity contribution in [3.8, 4) is 0 Å². The van der Waals surface area contributed by atoms with Crippen LogP contribution in [0.5, 0.6) is 0 Å². The van der Waals surface area contributed by atoms with E-state index in [1.807, 2.05) is 4.90 Å². The first-order chi connectivity index (χ1) is 11.1. The molecule has 2 aliphatic heterocycles. The highest BCUT2D eigenvalue weighted by Crippen LogP contribution is 2.24. The molecule has 3 rings (SSSR count). The van der Waals surface area contributed by atoms with Gasteiger partial charge in [0.2, 0.25) is 0 Å². The molecule has 2 saturated heterocycles. The monoisotopic (exact) mass is 320 g/mol. The van der Waals surface area contributed by atoms with Crippen molar-refractivity contribution in [3.05, 3.63) is 24.0 Å². The second kappa shape index (κ2) is 6.90. The van der Waals surface area contributed by atoms with Crippen LogP contribution < -0.4 is 0 Å². The van der Waals surface area contributed by atoms with Gasteiger partial charge < -0.3 is 14.4 Å². The van der Waals surface area contributed by atoms with E-state index < -0.39 is 5.60 Å². The Kier molecular flexibility index (Phi) is 4.89. The second-order valence-corrected chi connectivity index (χ2v) is 6.51. The van der Waals surface area contributed by atoms with E-state index in [4.69, 9.17) is 9.47 Å². The Morgan fingerprint density at radius 3 is 2.87 bits per heavy atom. The van der Waals surface area contributed by atoms with E-state index >= 15 is 0 Å². The van der Waals surface area contributed by atoms with Crippen molar-refractivity contribution < 1.29 is 14.3 Å². The third-order valence-corrected chi connectivity index (χ3v) is 4.48. The lowest BCUT2D eigenvalue weighted by atomic mass is 10.0. The molecule has 7 nitrogen and oxygen atoms in total. The van der Waals surface area contributed by atoms with Crippen molar-refractivity contribution in [2.45, 2.75) is 25.5 Å². The Labute approximate surface area is 136 Å². The van der Waals surface area contributed by atoms with Crippen LogP contribution in [0.3, 0.4) is 0 Å². The summed E-state index contributed by atoms with van der Waals surface area (Å²) in [5.74, 6) is -0.0463. The van der Waals surface area contributed by atoms with Crippen molar-refractivity contribution in [1.82, 2.24) is 20.0 Å². The Hall–Kier alpha value is -1.57. The molecule has 1 amide bonds. The number of carbonyl (C=O) groups is 1. The molecule has 0 bridgehead atoms. The second-order valence-electron chi connectivity index (χ2n) is 6.51. The number of ether oxygens (including phenoxy) is 2. The average molecular weight is 320 g/mol. The van der Waals surface area contributed by atoms with Crippen molar-refractivity contribution in [1.29, 1.82) is 0 Å². The van der Waals surface area contributed by atoms with Gasteiger partial charge in [-0.25, -0.2) is 0 Å². The molecule has 0 N–H and O–H groups in total. The number of aromatic nitrogens is 2. The van der Waals surface area contributed by atoms with Gasteiger partial charge in [0.25, 0.3) is 5.91 Å². The maximum Gasteiger partial charge on any atom is 0.255 e. The Morgan fingerprint density at radius 2 is 2.13 bits per heavy atom. The molecule has 1 aromatic heterocycles. The molecule has 0 saturated carbocycles. The molecule has 0 aromatic carbocycles. The van der Waals surface area contributed by atoms with Crippen LogP contribution in [0.25, 0.3) is 0 Å². The summed E-state index contributed by atoms with van der Waals surface area (Å²) in [6.45, 7) is 8.88. The van der Waals surface area contributed by atoms with E-state index in [-0.39, 0.29) is 5.91 Å². The molecule has 126 valence electrons. The number of hydrogen-bond donors (Lipinski definition) is 0. The first kappa shape index (κ1) is 16.3. The molecule has 23 heavy (non-hydrogen) atoms. The van der Waals surface area contributed by atoms with Crippen molar-refractivity contribution in [3.63, 3.8) is 0 Å². The summed E-state index contributed by atoms with van der Waals surface area (Å²) in [5.41, 5.74) is 0.100. The SMILES string of the molecule is CC(C)N1CCO[C@]2(COCCN(C(=O)c3ccnnc3)C2)C1. The molecule has 1 spiro atoms. The third kappa shape index (κ3) is 3.68. The fourth-order valence-corrected chi connectivity index (χ4v) is 3.18. The number of hydrogen-bond acceptors (Lipinski definition) is 6. The molecule has 0 radical (unpaired) electrons. The first-order valence-corrected chi connectivity index (χ1v) is 8.11. The summed E-state index contributed by atoms with van der Waals surface area (Å²) in [6.07, 6.45) is 3.04. The zero-order chi connectivity index (χ0) is 16.3. The molecule has 0 aliphatic carbocycles. The van der Waals surface area contributed by atoms with Gasteiger partial charge in [-0.05, 0) is 19.9 Å². The Bertz CT molecular complexity index is 539. The van der Waals surface area contributed by atoms with Crippen LogP contribution in [0.1, 0.15) is 24.2 Å². The summed E-state index contributed by atoms with van der Waals surface area (Å²) in [7, 11) is 0. The van der Waals surface area contributed by atoms with E-state index in [9.17, 15) is 4.79 Å². The maximum absolute atomic E-state index is 12.7. The molecule has 7 heteroatoms. The van der Waals surface area contributed by atoms with Crippen LogP contribution in [0.4, 0.5) is 0 Å². The lowest BCUT2D eigenvalue weighted by Crippen LogP contribution is -2.60. The standard InChI is InChI=1S/C16H24N4O3/c1-13(2)19-6-8-23-16(10-19)11-20(5-7-22-12-16)15(21)14-3-4-17-18-9-14/h3-4,9,13H,5-8,10-12H2,1-2H3/t16-/m1/s1. The summed E-state index contributed by atoms with van der Waals surface area (Å²) in [6, 6.07) is 2.14. The van der Waals surface area contributed by atoms with Gasteiger partial charge in [0.1, 0.15) is 5.60 Å². The summed E-state index contributed by atoms with van der Waals surface area (Å²) < 4.78 is 11.9. The predicted octanol–water partition coefficient (Wildman–Crippen LogP) is 0.428. The number of nitrogens with zero attached hydrogens (tertiary/aromatic N) is 4. The number of morpholine rings is 1. The fraction of sp³-hybridized carbons (Fsp3) is 0.688. The lowest BCUT2D eigenvalue weighted by Gasteiger charge is -2.44. The Balaban J connectivity index is 1.77. The molecular weight excluding hydrogens is 296 g/mol. The third-order valence-electron chi connectivity index (χ3n) is 4.48. The highest BCUT2D eigenvalue weighted by Gasteiger charge is 2.42. The Morgan fingerprint density at radius 1 is 1.26 bits per heavy atom. The molecule has 0 unspecified atom stereocenters.